The summed E-state index contributed by atoms with van der Waals surface area (Å²) in [4.78, 5) is 4.77. The molecule has 0 N–H and O–H groups in total. The van der Waals surface area contributed by atoms with E-state index in [1.54, 1.807) is 24.6 Å². The van der Waals surface area contributed by atoms with Crippen molar-refractivity contribution in [1.29, 1.82) is 0 Å². The highest BCUT2D eigenvalue weighted by Crippen LogP contribution is 2.16. The lowest BCUT2D eigenvalue weighted by Crippen LogP contribution is -1.96. The second-order valence-electron chi connectivity index (χ2n) is 3.39. The Kier molecular flexibility index (Phi) is 3.01. The van der Waals surface area contributed by atoms with Gasteiger partial charge in [-0.2, -0.15) is 4.36 Å². The standard InChI is InChI=1S/C12H12N2OS/c1-16(15,11-7-3-2-4-8-11)14-12-9-5-6-10-13-12/h2-10H,1H3. The molecule has 3 nitrogen and oxygen atoms in total. The molecule has 0 aliphatic rings. The number of nitrogens with zero attached hydrogens (tertiary/aromatic N) is 2. The third-order valence-electron chi connectivity index (χ3n) is 2.10. The van der Waals surface area contributed by atoms with Crippen molar-refractivity contribution in [3.63, 3.8) is 0 Å². The van der Waals surface area contributed by atoms with E-state index < -0.39 is 9.73 Å². The SMILES string of the molecule is CS(=O)(=Nc1ccccn1)c1ccccc1. The van der Waals surface area contributed by atoms with Gasteiger partial charge in [0, 0.05) is 17.3 Å². The average molecular weight is 232 g/mol. The van der Waals surface area contributed by atoms with Crippen LogP contribution in [0.5, 0.6) is 0 Å². The molecule has 0 saturated heterocycles. The van der Waals surface area contributed by atoms with Gasteiger partial charge in [0.1, 0.15) is 0 Å². The molecule has 0 saturated carbocycles. The van der Waals surface area contributed by atoms with E-state index in [1.807, 2.05) is 36.4 Å². The maximum atomic E-state index is 12.4. The number of benzene rings is 1. The van der Waals surface area contributed by atoms with Gasteiger partial charge in [0.05, 0.1) is 9.73 Å². The van der Waals surface area contributed by atoms with Gasteiger partial charge < -0.3 is 0 Å². The Bertz CT molecular complexity index is 572. The van der Waals surface area contributed by atoms with Crippen LogP contribution in [0.4, 0.5) is 5.82 Å². The fraction of sp³-hybridized carbons (Fsp3) is 0.0833. The van der Waals surface area contributed by atoms with Crippen LogP contribution < -0.4 is 0 Å². The maximum absolute atomic E-state index is 12.4. The minimum absolute atomic E-state index is 0.499. The van der Waals surface area contributed by atoms with E-state index in [4.69, 9.17) is 0 Å². The van der Waals surface area contributed by atoms with E-state index >= 15 is 0 Å². The van der Waals surface area contributed by atoms with Gasteiger partial charge in [-0.1, -0.05) is 24.3 Å². The Labute approximate surface area is 95.4 Å². The molecule has 1 aromatic heterocycles. The Morgan fingerprint density at radius 1 is 1.06 bits per heavy atom. The quantitative estimate of drug-likeness (QED) is 0.799. The van der Waals surface area contributed by atoms with E-state index in [-0.39, 0.29) is 0 Å². The molecular weight excluding hydrogens is 220 g/mol. The molecule has 0 radical (unpaired) electrons. The van der Waals surface area contributed by atoms with E-state index in [9.17, 15) is 4.21 Å². The molecule has 2 aromatic rings. The predicted molar refractivity (Wildman–Crippen MR) is 65.1 cm³/mol. The van der Waals surface area contributed by atoms with Crippen molar-refractivity contribution in [2.45, 2.75) is 4.90 Å². The summed E-state index contributed by atoms with van der Waals surface area (Å²) in [5.41, 5.74) is 0. The van der Waals surface area contributed by atoms with Gasteiger partial charge in [-0.15, -0.1) is 0 Å². The van der Waals surface area contributed by atoms with Crippen LogP contribution in [0.2, 0.25) is 0 Å². The molecule has 4 heteroatoms. The molecule has 0 amide bonds. The fourth-order valence-electron chi connectivity index (χ4n) is 1.31. The Balaban J connectivity index is 2.48. The van der Waals surface area contributed by atoms with Crippen molar-refractivity contribution in [3.8, 4) is 0 Å². The minimum atomic E-state index is -2.40. The average Bonchev–Trinajstić information content (AvgIpc) is 2.31. The molecular formula is C12H12N2OS. The highest BCUT2D eigenvalue weighted by Gasteiger charge is 2.05. The van der Waals surface area contributed by atoms with Crippen LogP contribution in [0.1, 0.15) is 0 Å². The summed E-state index contributed by atoms with van der Waals surface area (Å²) in [5, 5.41) is 0. The summed E-state index contributed by atoms with van der Waals surface area (Å²) < 4.78 is 16.5. The molecule has 0 fully saturated rings. The minimum Gasteiger partial charge on any atom is -0.245 e. The molecule has 1 unspecified atom stereocenters. The maximum Gasteiger partial charge on any atom is 0.161 e. The molecule has 0 bridgehead atoms. The van der Waals surface area contributed by atoms with Gasteiger partial charge in [0.2, 0.25) is 0 Å². The van der Waals surface area contributed by atoms with E-state index in [1.165, 1.54) is 0 Å². The summed E-state index contributed by atoms with van der Waals surface area (Å²) in [6.45, 7) is 0. The van der Waals surface area contributed by atoms with Gasteiger partial charge >= 0.3 is 0 Å². The molecule has 1 heterocycles. The van der Waals surface area contributed by atoms with Crippen molar-refractivity contribution >= 4 is 15.5 Å². The van der Waals surface area contributed by atoms with Crippen molar-refractivity contribution in [2.75, 3.05) is 6.26 Å². The van der Waals surface area contributed by atoms with E-state index in [0.717, 1.165) is 4.90 Å². The Morgan fingerprint density at radius 2 is 1.75 bits per heavy atom. The zero-order valence-electron chi connectivity index (χ0n) is 8.91. The van der Waals surface area contributed by atoms with Crippen LogP contribution >= 0.6 is 0 Å². The van der Waals surface area contributed by atoms with Crippen LogP contribution in [0.25, 0.3) is 0 Å². The Hall–Kier alpha value is -1.68. The number of aromatic nitrogens is 1. The first-order valence-corrected chi connectivity index (χ1v) is 6.79. The van der Waals surface area contributed by atoms with Crippen molar-refractivity contribution in [1.82, 2.24) is 4.98 Å². The fourth-order valence-corrected chi connectivity index (χ4v) is 2.54. The van der Waals surface area contributed by atoms with Crippen molar-refractivity contribution < 1.29 is 4.21 Å². The number of pyridine rings is 1. The number of hydrogen-bond acceptors (Lipinski definition) is 3. The van der Waals surface area contributed by atoms with Crippen LogP contribution in [0, 0.1) is 0 Å². The summed E-state index contributed by atoms with van der Waals surface area (Å²) in [5.74, 6) is 0.499. The highest BCUT2D eigenvalue weighted by atomic mass is 32.2. The van der Waals surface area contributed by atoms with Gasteiger partial charge in [-0.3, -0.25) is 0 Å². The first-order chi connectivity index (χ1) is 7.68. The first-order valence-electron chi connectivity index (χ1n) is 4.87. The second kappa shape index (κ2) is 4.45. The van der Waals surface area contributed by atoms with Crippen LogP contribution in [-0.4, -0.2) is 15.4 Å². The third kappa shape index (κ3) is 2.46. The van der Waals surface area contributed by atoms with Crippen molar-refractivity contribution in [2.24, 2.45) is 4.36 Å². The van der Waals surface area contributed by atoms with Gasteiger partial charge in [0.25, 0.3) is 0 Å². The van der Waals surface area contributed by atoms with Crippen LogP contribution in [0.3, 0.4) is 0 Å². The van der Waals surface area contributed by atoms with E-state index in [2.05, 4.69) is 9.35 Å². The predicted octanol–water partition coefficient (Wildman–Crippen LogP) is 2.87. The smallest absolute Gasteiger partial charge is 0.161 e. The zero-order chi connectivity index (χ0) is 11.4. The van der Waals surface area contributed by atoms with Gasteiger partial charge in [-0.25, -0.2) is 9.19 Å². The third-order valence-corrected chi connectivity index (χ3v) is 3.78. The summed E-state index contributed by atoms with van der Waals surface area (Å²) >= 11 is 0. The molecule has 82 valence electrons. The topological polar surface area (TPSA) is 42.3 Å². The molecule has 16 heavy (non-hydrogen) atoms. The molecule has 1 aromatic carbocycles. The largest absolute Gasteiger partial charge is 0.245 e. The second-order valence-corrected chi connectivity index (χ2v) is 5.65. The van der Waals surface area contributed by atoms with Crippen molar-refractivity contribution in [3.05, 3.63) is 54.7 Å². The lowest BCUT2D eigenvalue weighted by Gasteiger charge is -2.03. The number of rotatable bonds is 2. The summed E-state index contributed by atoms with van der Waals surface area (Å²) in [7, 11) is -2.40. The number of hydrogen-bond donors (Lipinski definition) is 0. The molecule has 1 atom stereocenters. The molecule has 0 aliphatic carbocycles. The molecule has 2 rings (SSSR count). The van der Waals surface area contributed by atoms with Crippen LogP contribution in [-0.2, 0) is 9.73 Å². The lowest BCUT2D eigenvalue weighted by molar-refractivity contribution is 0.680. The summed E-state index contributed by atoms with van der Waals surface area (Å²) in [6.07, 6.45) is 3.26. The van der Waals surface area contributed by atoms with Gasteiger partial charge in [0.15, 0.2) is 5.82 Å². The molecule has 0 spiro atoms. The van der Waals surface area contributed by atoms with E-state index in [0.29, 0.717) is 5.82 Å². The monoisotopic (exact) mass is 232 g/mol. The first kappa shape index (κ1) is 10.8. The normalized spacial score (nSPS) is 14.1. The highest BCUT2D eigenvalue weighted by molar-refractivity contribution is 7.93. The molecule has 0 aliphatic heterocycles. The summed E-state index contributed by atoms with van der Waals surface area (Å²) in [6, 6.07) is 14.6. The van der Waals surface area contributed by atoms with Gasteiger partial charge in [-0.05, 0) is 24.3 Å². The van der Waals surface area contributed by atoms with Crippen LogP contribution in [0.15, 0.2) is 64.0 Å². The lowest BCUT2D eigenvalue weighted by atomic mass is 10.4. The zero-order valence-corrected chi connectivity index (χ0v) is 9.72. The Morgan fingerprint density at radius 3 is 2.38 bits per heavy atom.